The monoisotopic (exact) mass is 279 g/mol. The van der Waals surface area contributed by atoms with E-state index in [1.807, 2.05) is 42.5 Å². The highest BCUT2D eigenvalue weighted by atomic mass is 16.5. The van der Waals surface area contributed by atoms with Crippen molar-refractivity contribution in [3.05, 3.63) is 66.5 Å². The minimum Gasteiger partial charge on any atom is -0.454 e. The molecule has 0 unspecified atom stereocenters. The van der Waals surface area contributed by atoms with E-state index in [1.165, 1.54) is 0 Å². The van der Waals surface area contributed by atoms with E-state index in [0.29, 0.717) is 17.2 Å². The van der Waals surface area contributed by atoms with E-state index in [0.717, 1.165) is 10.8 Å². The van der Waals surface area contributed by atoms with Gasteiger partial charge in [0.2, 0.25) is 0 Å². The summed E-state index contributed by atoms with van der Waals surface area (Å²) >= 11 is 0. The van der Waals surface area contributed by atoms with Gasteiger partial charge in [0, 0.05) is 11.6 Å². The van der Waals surface area contributed by atoms with Crippen LogP contribution in [0.2, 0.25) is 0 Å². The zero-order valence-electron chi connectivity index (χ0n) is 11.1. The van der Waals surface area contributed by atoms with E-state index >= 15 is 0 Å². The Labute approximate surface area is 121 Å². The number of amidine groups is 1. The lowest BCUT2D eigenvalue weighted by atomic mass is 10.1. The van der Waals surface area contributed by atoms with Gasteiger partial charge in [-0.25, -0.2) is 4.98 Å². The fourth-order valence-corrected chi connectivity index (χ4v) is 2.12. The lowest BCUT2D eigenvalue weighted by molar-refractivity contribution is 0.318. The maximum absolute atomic E-state index is 8.82. The van der Waals surface area contributed by atoms with Crippen LogP contribution in [0.5, 0.6) is 11.5 Å². The van der Waals surface area contributed by atoms with Gasteiger partial charge in [-0.05, 0) is 23.6 Å². The van der Waals surface area contributed by atoms with Gasteiger partial charge in [0.05, 0.1) is 0 Å². The Morgan fingerprint density at radius 2 is 1.76 bits per heavy atom. The lowest BCUT2D eigenvalue weighted by Gasteiger charge is -2.11. The molecule has 0 saturated heterocycles. The number of rotatable bonds is 3. The molecule has 0 amide bonds. The van der Waals surface area contributed by atoms with E-state index in [9.17, 15) is 0 Å². The van der Waals surface area contributed by atoms with Crippen LogP contribution in [-0.4, -0.2) is 16.0 Å². The van der Waals surface area contributed by atoms with Crippen LogP contribution < -0.4 is 10.5 Å². The molecule has 0 aliphatic carbocycles. The smallest absolute Gasteiger partial charge is 0.192 e. The van der Waals surface area contributed by atoms with E-state index in [-0.39, 0.29) is 5.84 Å². The minimum absolute atomic E-state index is 0.0918. The van der Waals surface area contributed by atoms with Crippen LogP contribution in [0.3, 0.4) is 0 Å². The standard InChI is InChI=1S/C16H13N3O2/c17-16(19-20)15-14(9-4-10-18-15)21-13-8-3-6-11-5-1-2-7-12(11)13/h1-10,20H,(H2,17,19). The molecule has 21 heavy (non-hydrogen) atoms. The van der Waals surface area contributed by atoms with E-state index in [1.54, 1.807) is 18.3 Å². The Bertz CT molecular complexity index is 810. The Hall–Kier alpha value is -3.08. The first-order chi connectivity index (χ1) is 10.3. The Morgan fingerprint density at radius 3 is 2.62 bits per heavy atom. The molecule has 3 N–H and O–H groups in total. The number of nitrogens with zero attached hydrogens (tertiary/aromatic N) is 2. The summed E-state index contributed by atoms with van der Waals surface area (Å²) in [5.74, 6) is 1.03. The number of pyridine rings is 1. The number of fused-ring (bicyclic) bond motifs is 1. The molecule has 0 aliphatic heterocycles. The van der Waals surface area contributed by atoms with E-state index in [2.05, 4.69) is 10.1 Å². The number of nitrogens with two attached hydrogens (primary N) is 1. The van der Waals surface area contributed by atoms with Gasteiger partial charge in [0.15, 0.2) is 17.3 Å². The minimum atomic E-state index is -0.0918. The van der Waals surface area contributed by atoms with Crippen molar-refractivity contribution in [2.75, 3.05) is 0 Å². The van der Waals surface area contributed by atoms with Gasteiger partial charge in [0.1, 0.15) is 5.75 Å². The predicted octanol–water partition coefficient (Wildman–Crippen LogP) is 3.12. The highest BCUT2D eigenvalue weighted by molar-refractivity contribution is 5.98. The topological polar surface area (TPSA) is 80.7 Å². The first-order valence-electron chi connectivity index (χ1n) is 6.38. The van der Waals surface area contributed by atoms with Crippen LogP contribution in [-0.2, 0) is 0 Å². The maximum atomic E-state index is 8.82. The van der Waals surface area contributed by atoms with Crippen LogP contribution in [0.15, 0.2) is 65.9 Å². The average Bonchev–Trinajstić information content (AvgIpc) is 2.55. The van der Waals surface area contributed by atoms with Gasteiger partial charge in [0.25, 0.3) is 0 Å². The van der Waals surface area contributed by atoms with Crippen molar-refractivity contribution < 1.29 is 9.94 Å². The molecule has 0 bridgehead atoms. The molecule has 1 aromatic heterocycles. The number of hydrogen-bond donors (Lipinski definition) is 2. The fourth-order valence-electron chi connectivity index (χ4n) is 2.12. The summed E-state index contributed by atoms with van der Waals surface area (Å²) in [6, 6.07) is 17.1. The molecule has 5 nitrogen and oxygen atoms in total. The lowest BCUT2D eigenvalue weighted by Crippen LogP contribution is -2.15. The Kier molecular flexibility index (Phi) is 3.39. The van der Waals surface area contributed by atoms with Crippen LogP contribution in [0.25, 0.3) is 10.8 Å². The summed E-state index contributed by atoms with van der Waals surface area (Å²) in [4.78, 5) is 4.08. The van der Waals surface area contributed by atoms with Gasteiger partial charge in [-0.1, -0.05) is 41.6 Å². The molecule has 3 aromatic rings. The molecule has 0 saturated carbocycles. The predicted molar refractivity (Wildman–Crippen MR) is 80.8 cm³/mol. The highest BCUT2D eigenvalue weighted by Crippen LogP contribution is 2.30. The molecule has 0 radical (unpaired) electrons. The summed E-state index contributed by atoms with van der Waals surface area (Å²) < 4.78 is 5.91. The van der Waals surface area contributed by atoms with Crippen LogP contribution in [0.4, 0.5) is 0 Å². The zero-order valence-corrected chi connectivity index (χ0v) is 11.1. The fraction of sp³-hybridized carbons (Fsp3) is 0. The van der Waals surface area contributed by atoms with Crippen molar-refractivity contribution in [2.24, 2.45) is 10.9 Å². The van der Waals surface area contributed by atoms with Gasteiger partial charge in [-0.2, -0.15) is 0 Å². The molecule has 2 aromatic carbocycles. The van der Waals surface area contributed by atoms with Crippen LogP contribution in [0, 0.1) is 0 Å². The third-order valence-corrected chi connectivity index (χ3v) is 3.09. The molecule has 1 heterocycles. The third-order valence-electron chi connectivity index (χ3n) is 3.09. The SMILES string of the molecule is N/C(=N/O)c1ncccc1Oc1cccc2ccccc12. The quantitative estimate of drug-likeness (QED) is 0.334. The summed E-state index contributed by atoms with van der Waals surface area (Å²) in [5, 5.41) is 13.8. The summed E-state index contributed by atoms with van der Waals surface area (Å²) in [5.41, 5.74) is 5.92. The second-order valence-corrected chi connectivity index (χ2v) is 4.41. The van der Waals surface area contributed by atoms with Gasteiger partial charge >= 0.3 is 0 Å². The first-order valence-corrected chi connectivity index (χ1v) is 6.38. The van der Waals surface area contributed by atoms with E-state index in [4.69, 9.17) is 15.7 Å². The largest absolute Gasteiger partial charge is 0.454 e. The number of ether oxygens (including phenoxy) is 1. The van der Waals surface area contributed by atoms with Crippen molar-refractivity contribution in [3.63, 3.8) is 0 Å². The number of aromatic nitrogens is 1. The Balaban J connectivity index is 2.08. The third kappa shape index (κ3) is 2.49. The second kappa shape index (κ2) is 5.50. The zero-order chi connectivity index (χ0) is 14.7. The summed E-state index contributed by atoms with van der Waals surface area (Å²) in [6.07, 6.45) is 1.56. The van der Waals surface area contributed by atoms with Crippen molar-refractivity contribution >= 4 is 16.6 Å². The molecule has 0 aliphatic rings. The van der Waals surface area contributed by atoms with Gasteiger partial charge in [-0.15, -0.1) is 0 Å². The number of hydrogen-bond acceptors (Lipinski definition) is 4. The molecule has 0 atom stereocenters. The Morgan fingerprint density at radius 1 is 1.00 bits per heavy atom. The molecule has 104 valence electrons. The molecular formula is C16H13N3O2. The van der Waals surface area contributed by atoms with Crippen LogP contribution in [0.1, 0.15) is 5.69 Å². The van der Waals surface area contributed by atoms with Crippen molar-refractivity contribution in [1.82, 2.24) is 4.98 Å². The van der Waals surface area contributed by atoms with Crippen LogP contribution >= 0.6 is 0 Å². The van der Waals surface area contributed by atoms with Crippen molar-refractivity contribution in [1.29, 1.82) is 0 Å². The molecular weight excluding hydrogens is 266 g/mol. The molecule has 5 heteroatoms. The van der Waals surface area contributed by atoms with Gasteiger partial charge < -0.3 is 15.7 Å². The summed E-state index contributed by atoms with van der Waals surface area (Å²) in [6.45, 7) is 0. The normalized spacial score (nSPS) is 11.5. The van der Waals surface area contributed by atoms with Crippen molar-refractivity contribution in [2.45, 2.75) is 0 Å². The first kappa shape index (κ1) is 12.9. The summed E-state index contributed by atoms with van der Waals surface area (Å²) in [7, 11) is 0. The number of benzene rings is 2. The number of oxime groups is 1. The second-order valence-electron chi connectivity index (χ2n) is 4.41. The van der Waals surface area contributed by atoms with Crippen molar-refractivity contribution in [3.8, 4) is 11.5 Å². The highest BCUT2D eigenvalue weighted by Gasteiger charge is 2.11. The maximum Gasteiger partial charge on any atom is 0.192 e. The molecule has 0 spiro atoms. The van der Waals surface area contributed by atoms with Gasteiger partial charge in [-0.3, -0.25) is 0 Å². The molecule has 0 fully saturated rings. The molecule has 3 rings (SSSR count). The average molecular weight is 279 g/mol. The van der Waals surface area contributed by atoms with E-state index < -0.39 is 0 Å².